The van der Waals surface area contributed by atoms with Crippen LogP contribution in [0.5, 0.6) is 0 Å². The molecule has 3 heteroatoms. The summed E-state index contributed by atoms with van der Waals surface area (Å²) in [5.41, 5.74) is 0.893. The Kier molecular flexibility index (Phi) is 4.09. The Labute approximate surface area is 77.7 Å². The fraction of sp³-hybridized carbons (Fsp3) is 0.500. The average molecular weight is 182 g/mol. The van der Waals surface area contributed by atoms with Crippen LogP contribution in [0.4, 0.5) is 0 Å². The number of hydrogen-bond donors (Lipinski definition) is 0. The Morgan fingerprint density at radius 3 is 3.08 bits per heavy atom. The summed E-state index contributed by atoms with van der Waals surface area (Å²) in [5.74, 6) is -0.136. The van der Waals surface area contributed by atoms with Crippen LogP contribution in [-0.2, 0) is 16.1 Å². The van der Waals surface area contributed by atoms with E-state index in [1.807, 2.05) is 6.92 Å². The summed E-state index contributed by atoms with van der Waals surface area (Å²) in [7, 11) is 0. The van der Waals surface area contributed by atoms with E-state index in [0.717, 1.165) is 18.4 Å². The molecule has 1 heterocycles. The summed E-state index contributed by atoms with van der Waals surface area (Å²) in [4.78, 5) is 11.0. The van der Waals surface area contributed by atoms with E-state index in [0.29, 0.717) is 13.0 Å². The summed E-state index contributed by atoms with van der Waals surface area (Å²) >= 11 is 0. The summed E-state index contributed by atoms with van der Waals surface area (Å²) in [6.45, 7) is 2.36. The second-order valence-electron chi connectivity index (χ2n) is 2.90. The van der Waals surface area contributed by atoms with Crippen LogP contribution in [0, 0.1) is 0 Å². The highest BCUT2D eigenvalue weighted by Crippen LogP contribution is 2.04. The van der Waals surface area contributed by atoms with E-state index in [4.69, 9.17) is 9.15 Å². The molecule has 1 rings (SSSR count). The quantitative estimate of drug-likeness (QED) is 0.657. The third kappa shape index (κ3) is 3.78. The third-order valence-electron chi connectivity index (χ3n) is 1.71. The van der Waals surface area contributed by atoms with Gasteiger partial charge in [0.2, 0.25) is 0 Å². The van der Waals surface area contributed by atoms with Crippen molar-refractivity contribution in [2.45, 2.75) is 32.8 Å². The highest BCUT2D eigenvalue weighted by atomic mass is 16.5. The molecule has 0 radical (unpaired) electrons. The smallest absolute Gasteiger partial charge is 0.306 e. The molecular weight excluding hydrogens is 168 g/mol. The molecule has 0 aromatic carbocycles. The standard InChI is InChI=1S/C10H14O3/c1-2-3-4-10(11)13-8-9-5-6-12-7-9/h5-7H,2-4,8H2,1H3. The van der Waals surface area contributed by atoms with Crippen LogP contribution in [0.25, 0.3) is 0 Å². The molecule has 0 aliphatic carbocycles. The van der Waals surface area contributed by atoms with Gasteiger partial charge in [-0.3, -0.25) is 4.79 Å². The van der Waals surface area contributed by atoms with Gasteiger partial charge in [-0.15, -0.1) is 0 Å². The number of carbonyl (C=O) groups is 1. The lowest BCUT2D eigenvalue weighted by Gasteiger charge is -2.01. The zero-order valence-electron chi connectivity index (χ0n) is 7.79. The molecule has 3 nitrogen and oxygen atoms in total. The van der Waals surface area contributed by atoms with Crippen LogP contribution < -0.4 is 0 Å². The zero-order chi connectivity index (χ0) is 9.52. The molecule has 72 valence electrons. The molecule has 0 amide bonds. The lowest BCUT2D eigenvalue weighted by Crippen LogP contribution is -2.03. The van der Waals surface area contributed by atoms with Gasteiger partial charge in [0.05, 0.1) is 12.5 Å². The fourth-order valence-electron chi connectivity index (χ4n) is 0.932. The first-order chi connectivity index (χ1) is 6.33. The van der Waals surface area contributed by atoms with Gasteiger partial charge in [0.1, 0.15) is 6.61 Å². The van der Waals surface area contributed by atoms with E-state index in [-0.39, 0.29) is 5.97 Å². The second kappa shape index (κ2) is 5.41. The first-order valence-electron chi connectivity index (χ1n) is 4.49. The van der Waals surface area contributed by atoms with Crippen LogP contribution in [-0.4, -0.2) is 5.97 Å². The number of ether oxygens (including phenoxy) is 1. The minimum absolute atomic E-state index is 0.136. The van der Waals surface area contributed by atoms with Gasteiger partial charge in [-0.1, -0.05) is 13.3 Å². The van der Waals surface area contributed by atoms with Crippen LogP contribution in [0.2, 0.25) is 0 Å². The SMILES string of the molecule is CCCCC(=O)OCc1ccoc1. The molecule has 0 aliphatic rings. The molecule has 0 saturated carbocycles. The van der Waals surface area contributed by atoms with Gasteiger partial charge in [0, 0.05) is 12.0 Å². The monoisotopic (exact) mass is 182 g/mol. The van der Waals surface area contributed by atoms with Crippen molar-refractivity contribution in [3.63, 3.8) is 0 Å². The van der Waals surface area contributed by atoms with Crippen molar-refractivity contribution in [1.29, 1.82) is 0 Å². The first kappa shape index (κ1) is 9.84. The Bertz CT molecular complexity index is 239. The predicted octanol–water partition coefficient (Wildman–Crippen LogP) is 2.51. The van der Waals surface area contributed by atoms with Gasteiger partial charge < -0.3 is 9.15 Å². The maximum atomic E-state index is 11.0. The Balaban J connectivity index is 2.15. The lowest BCUT2D eigenvalue weighted by atomic mass is 10.2. The van der Waals surface area contributed by atoms with E-state index in [9.17, 15) is 4.79 Å². The normalized spacial score (nSPS) is 9.92. The number of hydrogen-bond acceptors (Lipinski definition) is 3. The topological polar surface area (TPSA) is 39.4 Å². The minimum Gasteiger partial charge on any atom is -0.472 e. The Morgan fingerprint density at radius 1 is 1.62 bits per heavy atom. The minimum atomic E-state index is -0.136. The molecule has 0 spiro atoms. The van der Waals surface area contributed by atoms with Crippen LogP contribution in [0.3, 0.4) is 0 Å². The maximum Gasteiger partial charge on any atom is 0.306 e. The highest BCUT2D eigenvalue weighted by molar-refractivity contribution is 5.69. The number of rotatable bonds is 5. The van der Waals surface area contributed by atoms with Crippen molar-refractivity contribution in [2.75, 3.05) is 0 Å². The van der Waals surface area contributed by atoms with Gasteiger partial charge in [-0.05, 0) is 12.5 Å². The van der Waals surface area contributed by atoms with E-state index in [1.54, 1.807) is 18.6 Å². The van der Waals surface area contributed by atoms with Crippen LogP contribution in [0.1, 0.15) is 31.7 Å². The van der Waals surface area contributed by atoms with Crippen molar-refractivity contribution in [3.8, 4) is 0 Å². The molecule has 0 N–H and O–H groups in total. The molecule has 1 aromatic rings. The molecule has 1 aromatic heterocycles. The van der Waals surface area contributed by atoms with Gasteiger partial charge in [-0.2, -0.15) is 0 Å². The molecule has 0 saturated heterocycles. The van der Waals surface area contributed by atoms with E-state index < -0.39 is 0 Å². The summed E-state index contributed by atoms with van der Waals surface area (Å²) < 4.78 is 9.83. The molecular formula is C10H14O3. The van der Waals surface area contributed by atoms with E-state index >= 15 is 0 Å². The number of furan rings is 1. The van der Waals surface area contributed by atoms with Crippen LogP contribution >= 0.6 is 0 Å². The zero-order valence-corrected chi connectivity index (χ0v) is 7.79. The van der Waals surface area contributed by atoms with Crippen molar-refractivity contribution in [3.05, 3.63) is 24.2 Å². The molecule has 0 atom stereocenters. The van der Waals surface area contributed by atoms with Gasteiger partial charge in [0.25, 0.3) is 0 Å². The number of carbonyl (C=O) groups excluding carboxylic acids is 1. The Morgan fingerprint density at radius 2 is 2.46 bits per heavy atom. The first-order valence-corrected chi connectivity index (χ1v) is 4.49. The van der Waals surface area contributed by atoms with Crippen LogP contribution in [0.15, 0.2) is 23.0 Å². The molecule has 13 heavy (non-hydrogen) atoms. The molecule has 0 unspecified atom stereocenters. The fourth-order valence-corrected chi connectivity index (χ4v) is 0.932. The molecule has 0 bridgehead atoms. The van der Waals surface area contributed by atoms with Gasteiger partial charge in [-0.25, -0.2) is 0 Å². The van der Waals surface area contributed by atoms with Gasteiger partial charge in [0.15, 0.2) is 0 Å². The number of esters is 1. The summed E-state index contributed by atoms with van der Waals surface area (Å²) in [6, 6.07) is 1.78. The second-order valence-corrected chi connectivity index (χ2v) is 2.90. The average Bonchev–Trinajstić information content (AvgIpc) is 2.64. The molecule has 0 aliphatic heterocycles. The van der Waals surface area contributed by atoms with Crippen molar-refractivity contribution in [1.82, 2.24) is 0 Å². The molecule has 0 fully saturated rings. The highest BCUT2D eigenvalue weighted by Gasteiger charge is 2.02. The lowest BCUT2D eigenvalue weighted by molar-refractivity contribution is -0.145. The van der Waals surface area contributed by atoms with E-state index in [2.05, 4.69) is 0 Å². The van der Waals surface area contributed by atoms with Crippen molar-refractivity contribution in [2.24, 2.45) is 0 Å². The summed E-state index contributed by atoms with van der Waals surface area (Å²) in [6.07, 6.45) is 5.56. The van der Waals surface area contributed by atoms with Gasteiger partial charge >= 0.3 is 5.97 Å². The Hall–Kier alpha value is -1.25. The van der Waals surface area contributed by atoms with Crippen molar-refractivity contribution >= 4 is 5.97 Å². The number of unbranched alkanes of at least 4 members (excludes halogenated alkanes) is 1. The predicted molar refractivity (Wildman–Crippen MR) is 48.0 cm³/mol. The maximum absolute atomic E-state index is 11.0. The largest absolute Gasteiger partial charge is 0.472 e. The third-order valence-corrected chi connectivity index (χ3v) is 1.71. The van der Waals surface area contributed by atoms with E-state index in [1.165, 1.54) is 0 Å². The summed E-state index contributed by atoms with van der Waals surface area (Å²) in [5, 5.41) is 0. The van der Waals surface area contributed by atoms with Crippen molar-refractivity contribution < 1.29 is 13.9 Å².